The topological polar surface area (TPSA) is 81.2 Å². The summed E-state index contributed by atoms with van der Waals surface area (Å²) in [6, 6.07) is 14.3. The number of unbranched alkanes of at least 4 members (excludes halogenated alkanes) is 12. The fourth-order valence-electron chi connectivity index (χ4n) is 9.40. The van der Waals surface area contributed by atoms with Crippen LogP contribution in [0.4, 0.5) is 0 Å². The van der Waals surface area contributed by atoms with Gasteiger partial charge in [0, 0.05) is 31.1 Å². The average molecular weight is 1130 g/mol. The molecule has 0 saturated carbocycles. The van der Waals surface area contributed by atoms with E-state index in [9.17, 15) is 19.2 Å². The molecule has 4 aliphatic rings. The van der Waals surface area contributed by atoms with Gasteiger partial charge in [-0.1, -0.05) is 117 Å². The first-order valence-electron chi connectivity index (χ1n) is 25.0. The van der Waals surface area contributed by atoms with Crippen LogP contribution in [0.5, 0.6) is 0 Å². The molecule has 70 heavy (non-hydrogen) atoms. The van der Waals surface area contributed by atoms with E-state index in [0.29, 0.717) is 48.5 Å². The molecule has 0 N–H and O–H groups in total. The van der Waals surface area contributed by atoms with Crippen molar-refractivity contribution in [3.63, 3.8) is 0 Å². The average Bonchev–Trinajstić information content (AvgIpc) is 4.22. The van der Waals surface area contributed by atoms with Crippen molar-refractivity contribution < 1.29 is 30.3 Å². The number of thiophene rings is 4. The van der Waals surface area contributed by atoms with E-state index in [1.165, 1.54) is 36.1 Å². The van der Waals surface area contributed by atoms with Crippen molar-refractivity contribution in [2.24, 2.45) is 0 Å². The maximum absolute atomic E-state index is 14.0. The zero-order chi connectivity index (χ0) is 50.3. The summed E-state index contributed by atoms with van der Waals surface area (Å²) in [4.78, 5) is 68.3. The SMILES string of the molecule is CCCCCCN1C(=O)C2=C(c3ccc(C)s3)N(CCCCCC)C(=O)C2=C1c1cc(C)cs1.CCCCCCN1C(=O)C2=C(c3cccs3)N(CCCCCC)C(=O)C2=C1c1cccs1.[Cl][Fe]([Cl])[Cl]. The monoisotopic (exact) mass is 1130 g/mol. The first kappa shape index (κ1) is 56.3. The van der Waals surface area contributed by atoms with Gasteiger partial charge in [-0.25, -0.2) is 0 Å². The zero-order valence-corrected chi connectivity index (χ0v) is 48.1. The van der Waals surface area contributed by atoms with Crippen molar-refractivity contribution in [2.75, 3.05) is 26.2 Å². The number of aryl methyl sites for hydroxylation is 2. The van der Waals surface area contributed by atoms with Crippen molar-refractivity contribution in [1.82, 2.24) is 19.6 Å². The summed E-state index contributed by atoms with van der Waals surface area (Å²) in [6.07, 6.45) is 17.5. The third kappa shape index (κ3) is 13.4. The minimum atomic E-state index is -1.33. The fraction of sp³-hybridized carbons (Fsp3) is 0.481. The fourth-order valence-corrected chi connectivity index (χ4v) is 12.9. The molecule has 4 aromatic rings. The van der Waals surface area contributed by atoms with Crippen LogP contribution in [0.15, 0.2) is 80.9 Å². The Balaban J connectivity index is 0.000000214. The second-order valence-electron chi connectivity index (χ2n) is 18.0. The van der Waals surface area contributed by atoms with E-state index in [1.807, 2.05) is 54.6 Å². The van der Waals surface area contributed by atoms with Crippen LogP contribution in [-0.2, 0) is 30.3 Å². The van der Waals surface area contributed by atoms with Gasteiger partial charge in [0.2, 0.25) is 0 Å². The second-order valence-corrected chi connectivity index (χ2v) is 27.5. The molecule has 0 fully saturated rings. The van der Waals surface area contributed by atoms with E-state index in [-0.39, 0.29) is 23.6 Å². The van der Waals surface area contributed by atoms with Crippen LogP contribution in [0.25, 0.3) is 22.8 Å². The normalized spacial score (nSPS) is 15.8. The molecule has 0 atom stereocenters. The summed E-state index contributed by atoms with van der Waals surface area (Å²) < 4.78 is 0. The van der Waals surface area contributed by atoms with E-state index in [4.69, 9.17) is 30.3 Å². The molecular formula is C54H68Cl3FeN4O4S4. The number of halogens is 3. The number of rotatable bonds is 24. The van der Waals surface area contributed by atoms with Gasteiger partial charge in [-0.3, -0.25) is 19.2 Å². The molecule has 0 aliphatic carbocycles. The molecule has 0 unspecified atom stereocenters. The molecule has 0 spiro atoms. The summed E-state index contributed by atoms with van der Waals surface area (Å²) >= 11 is 5.17. The van der Waals surface area contributed by atoms with Gasteiger partial charge in [0.1, 0.15) is 0 Å². The third-order valence-corrected chi connectivity index (χ3v) is 16.6. The van der Waals surface area contributed by atoms with Crippen LogP contribution in [0.2, 0.25) is 0 Å². The summed E-state index contributed by atoms with van der Waals surface area (Å²) in [7, 11) is 14.7. The van der Waals surface area contributed by atoms with E-state index in [1.54, 1.807) is 45.3 Å². The molecule has 0 aromatic carbocycles. The molecule has 8 rings (SSSR count). The predicted octanol–water partition coefficient (Wildman–Crippen LogP) is 16.2. The van der Waals surface area contributed by atoms with E-state index < -0.39 is 11.2 Å². The van der Waals surface area contributed by atoms with Crippen molar-refractivity contribution in [2.45, 2.75) is 144 Å². The number of hydrogen-bond donors (Lipinski definition) is 0. The third-order valence-electron chi connectivity index (χ3n) is 12.8. The first-order chi connectivity index (χ1) is 33.9. The van der Waals surface area contributed by atoms with Crippen LogP contribution in [0.3, 0.4) is 0 Å². The maximum atomic E-state index is 14.0. The summed E-state index contributed by atoms with van der Waals surface area (Å²) in [5.74, 6) is -0.0172. The van der Waals surface area contributed by atoms with E-state index in [2.05, 4.69) is 65.1 Å². The number of hydrogen-bond acceptors (Lipinski definition) is 8. The zero-order valence-electron chi connectivity index (χ0n) is 41.5. The summed E-state index contributed by atoms with van der Waals surface area (Å²) in [5.41, 5.74) is 6.97. The number of fused-ring (bicyclic) bond motifs is 2. The molecule has 381 valence electrons. The molecular weight excluding hydrogens is 1060 g/mol. The Morgan fingerprint density at radius 1 is 0.443 bits per heavy atom. The van der Waals surface area contributed by atoms with Gasteiger partial charge in [0.15, 0.2) is 0 Å². The van der Waals surface area contributed by atoms with Crippen LogP contribution in [0, 0.1) is 13.8 Å². The Labute approximate surface area is 449 Å². The van der Waals surface area contributed by atoms with Crippen molar-refractivity contribution in [3.05, 3.63) is 111 Å². The Morgan fingerprint density at radius 3 is 1.06 bits per heavy atom. The Bertz CT molecular complexity index is 2370. The number of nitrogens with zero attached hydrogens (tertiary/aromatic N) is 4. The molecule has 0 bridgehead atoms. The van der Waals surface area contributed by atoms with Gasteiger partial charge in [-0.2, -0.15) is 0 Å². The quantitative estimate of drug-likeness (QED) is 0.0517. The van der Waals surface area contributed by atoms with Gasteiger partial charge in [0.25, 0.3) is 23.6 Å². The summed E-state index contributed by atoms with van der Waals surface area (Å²) in [6.45, 7) is 15.6. The van der Waals surface area contributed by atoms with Crippen molar-refractivity contribution in [3.8, 4) is 0 Å². The molecule has 0 radical (unpaired) electrons. The standard InChI is InChI=1S/C28H36N2O2S2.C26H32N2O2S2.3ClH.Fe/c1-5-7-9-11-15-29-25(21-14-13-20(4)34-21)23-24(28(29)32)26(22-17-19(3)18-33-22)30(27(23)31)16-12-10-8-6-2;1-3-5-7-9-15-27-23(19-13-11-17-31-19)21-22(25(27)29)24(20-14-12-18-32-20)28(26(21)30)16-10-8-6-4-2;;;;/h13-14,17-18H,5-12,15-16H2,1-4H3;11-14,17-18H,3-10,15-16H2,1-2H3;3*1H;/q;;;;;+3/p-3. The Morgan fingerprint density at radius 2 is 0.786 bits per heavy atom. The van der Waals surface area contributed by atoms with Gasteiger partial charge < -0.3 is 19.6 Å². The first-order valence-corrected chi connectivity index (χ1v) is 33.0. The van der Waals surface area contributed by atoms with Crippen molar-refractivity contribution in [1.29, 1.82) is 0 Å². The van der Waals surface area contributed by atoms with Crippen LogP contribution >= 0.6 is 75.6 Å². The molecule has 4 aliphatic heterocycles. The van der Waals surface area contributed by atoms with Gasteiger partial charge in [-0.05, 0) is 91.6 Å². The number of carbonyl (C=O) groups is 4. The minimum absolute atomic E-state index is 0.00184. The second kappa shape index (κ2) is 27.9. The van der Waals surface area contributed by atoms with Gasteiger partial charge in [0.05, 0.1) is 64.6 Å². The predicted molar refractivity (Wildman–Crippen MR) is 295 cm³/mol. The molecule has 16 heteroatoms. The van der Waals surface area contributed by atoms with Crippen LogP contribution < -0.4 is 0 Å². The van der Waals surface area contributed by atoms with Crippen molar-refractivity contribution >= 4 is 122 Å². The molecule has 4 amide bonds. The van der Waals surface area contributed by atoms with Crippen LogP contribution in [-0.4, -0.2) is 69.4 Å². The van der Waals surface area contributed by atoms with Gasteiger partial charge in [-0.15, -0.1) is 45.3 Å². The molecule has 8 nitrogen and oxygen atoms in total. The van der Waals surface area contributed by atoms with E-state index in [0.717, 1.165) is 119 Å². The number of carbonyl (C=O) groups excluding carboxylic acids is 4. The molecule has 8 heterocycles. The molecule has 4 aromatic heterocycles. The Kier molecular flexibility index (Phi) is 22.5. The van der Waals surface area contributed by atoms with E-state index >= 15 is 0 Å². The Hall–Kier alpha value is -2.97. The number of amides is 4. The summed E-state index contributed by atoms with van der Waals surface area (Å²) in [5, 5.41) is 6.15. The van der Waals surface area contributed by atoms with Crippen LogP contribution in [0.1, 0.15) is 160 Å². The van der Waals surface area contributed by atoms with Gasteiger partial charge >= 0.3 is 41.5 Å². The molecule has 0 saturated heterocycles.